The number of aromatic nitrogens is 4. The summed E-state index contributed by atoms with van der Waals surface area (Å²) >= 11 is 2.56. The Morgan fingerprint density at radius 1 is 1.50 bits per heavy atom. The fourth-order valence-corrected chi connectivity index (χ4v) is 5.73. The topological polar surface area (TPSA) is 137 Å². The zero-order chi connectivity index (χ0) is 18.6. The van der Waals surface area contributed by atoms with Crippen molar-refractivity contribution in [3.8, 4) is 0 Å². The van der Waals surface area contributed by atoms with Crippen LogP contribution in [0, 0.1) is 5.92 Å². The summed E-state index contributed by atoms with van der Waals surface area (Å²) in [5, 5.41) is 20.7. The molecule has 1 amide bonds. The summed E-state index contributed by atoms with van der Waals surface area (Å²) in [6, 6.07) is 0. The molecule has 2 unspecified atom stereocenters. The number of rotatable bonds is 5. The molecule has 0 saturated carbocycles. The highest BCUT2D eigenvalue weighted by molar-refractivity contribution is 8.06. The number of β-lactam (4-membered cyclic amide) rings is 1. The number of fused-ring (bicyclic) bond motifs is 1. The van der Waals surface area contributed by atoms with Gasteiger partial charge in [-0.05, 0) is 17.4 Å². The van der Waals surface area contributed by atoms with Crippen LogP contribution in [0.4, 0.5) is 4.79 Å². The van der Waals surface area contributed by atoms with E-state index in [1.807, 2.05) is 0 Å². The predicted molar refractivity (Wildman–Crippen MR) is 86.7 cm³/mol. The van der Waals surface area contributed by atoms with E-state index in [2.05, 4.69) is 15.5 Å². The van der Waals surface area contributed by atoms with Crippen molar-refractivity contribution in [2.24, 2.45) is 13.0 Å². The van der Waals surface area contributed by atoms with Gasteiger partial charge in [0, 0.05) is 17.7 Å². The molecule has 138 valence electrons. The number of hydrogen-bond acceptors (Lipinski definition) is 10. The Morgan fingerprint density at radius 2 is 2.27 bits per heavy atom. The molecule has 13 heteroatoms. The van der Waals surface area contributed by atoms with Crippen molar-refractivity contribution in [1.82, 2.24) is 25.1 Å². The molecule has 0 bridgehead atoms. The molecule has 4 heterocycles. The third-order valence-corrected chi connectivity index (χ3v) is 6.94. The summed E-state index contributed by atoms with van der Waals surface area (Å²) in [7, 11) is 1.68. The SMILES string of the molecule is Cn1nnnc1SCC1=C(C(=O)O)N2C(=O)C(C3(C)COC(=O)O3)[C@H]2S1. The van der Waals surface area contributed by atoms with E-state index in [1.54, 1.807) is 14.0 Å². The number of carbonyl (C=O) groups excluding carboxylic acids is 2. The molecular formula is C13H13N5O6S2. The average Bonchev–Trinajstić information content (AvgIpc) is 3.22. The smallest absolute Gasteiger partial charge is 0.477 e. The molecule has 0 aliphatic carbocycles. The first-order valence-corrected chi connectivity index (χ1v) is 9.35. The summed E-state index contributed by atoms with van der Waals surface area (Å²) in [6.45, 7) is 1.58. The summed E-state index contributed by atoms with van der Waals surface area (Å²) in [5.41, 5.74) is -1.14. The summed E-state index contributed by atoms with van der Waals surface area (Å²) < 4.78 is 11.5. The Hall–Kier alpha value is -2.28. The van der Waals surface area contributed by atoms with E-state index in [9.17, 15) is 19.5 Å². The lowest BCUT2D eigenvalue weighted by atomic mass is 9.81. The molecule has 1 N–H and O–H groups in total. The van der Waals surface area contributed by atoms with Crippen molar-refractivity contribution in [2.45, 2.75) is 23.1 Å². The molecule has 3 atom stereocenters. The number of amides is 1. The number of hydrogen-bond donors (Lipinski definition) is 1. The van der Waals surface area contributed by atoms with Gasteiger partial charge in [-0.2, -0.15) is 0 Å². The minimum Gasteiger partial charge on any atom is -0.477 e. The first-order chi connectivity index (χ1) is 12.3. The number of nitrogens with zero attached hydrogens (tertiary/aromatic N) is 5. The lowest BCUT2D eigenvalue weighted by Gasteiger charge is -2.47. The summed E-state index contributed by atoms with van der Waals surface area (Å²) in [4.78, 5) is 37.4. The predicted octanol–water partition coefficient (Wildman–Crippen LogP) is 0.0552. The van der Waals surface area contributed by atoms with Crippen molar-refractivity contribution < 1.29 is 29.0 Å². The Kier molecular flexibility index (Phi) is 3.87. The maximum atomic E-state index is 12.6. The molecule has 0 radical (unpaired) electrons. The van der Waals surface area contributed by atoms with Crippen molar-refractivity contribution in [3.63, 3.8) is 0 Å². The summed E-state index contributed by atoms with van der Waals surface area (Å²) in [5.74, 6) is -1.92. The van der Waals surface area contributed by atoms with Crippen LogP contribution in [0.3, 0.4) is 0 Å². The minimum absolute atomic E-state index is 0.0375. The first kappa shape index (κ1) is 17.1. The van der Waals surface area contributed by atoms with Crippen molar-refractivity contribution in [3.05, 3.63) is 10.6 Å². The molecule has 0 aromatic carbocycles. The van der Waals surface area contributed by atoms with Gasteiger partial charge in [-0.3, -0.25) is 9.69 Å². The number of thioether (sulfide) groups is 2. The number of aliphatic carboxylic acids is 1. The van der Waals surface area contributed by atoms with Gasteiger partial charge in [-0.1, -0.05) is 11.8 Å². The highest BCUT2D eigenvalue weighted by Gasteiger charge is 2.65. The molecule has 4 rings (SSSR count). The zero-order valence-corrected chi connectivity index (χ0v) is 15.2. The van der Waals surface area contributed by atoms with Crippen LogP contribution in [0.1, 0.15) is 6.92 Å². The van der Waals surface area contributed by atoms with E-state index < -0.39 is 29.0 Å². The van der Waals surface area contributed by atoms with Crippen LogP contribution in [0.15, 0.2) is 15.8 Å². The van der Waals surface area contributed by atoms with Gasteiger partial charge in [-0.15, -0.1) is 16.9 Å². The normalized spacial score (nSPS) is 30.2. The second-order valence-corrected chi connectivity index (χ2v) is 8.25. The maximum absolute atomic E-state index is 12.6. The molecule has 3 aliphatic rings. The maximum Gasteiger partial charge on any atom is 0.509 e. The first-order valence-electron chi connectivity index (χ1n) is 7.49. The van der Waals surface area contributed by atoms with Gasteiger partial charge in [0.2, 0.25) is 11.1 Å². The third-order valence-electron chi connectivity index (χ3n) is 4.38. The molecule has 1 aromatic heterocycles. The minimum atomic E-state index is -1.18. The molecule has 2 saturated heterocycles. The van der Waals surface area contributed by atoms with Gasteiger partial charge in [0.05, 0.1) is 0 Å². The average molecular weight is 399 g/mol. The molecule has 26 heavy (non-hydrogen) atoms. The second kappa shape index (κ2) is 5.87. The number of carboxylic acid groups (broad SMARTS) is 1. The van der Waals surface area contributed by atoms with Crippen LogP contribution in [0.5, 0.6) is 0 Å². The van der Waals surface area contributed by atoms with E-state index in [0.29, 0.717) is 15.8 Å². The molecule has 1 aromatic rings. The fourth-order valence-electron chi connectivity index (χ4n) is 3.12. The Morgan fingerprint density at radius 3 is 2.85 bits per heavy atom. The van der Waals surface area contributed by atoms with Gasteiger partial charge in [-0.25, -0.2) is 14.3 Å². The van der Waals surface area contributed by atoms with Crippen molar-refractivity contribution in [2.75, 3.05) is 12.4 Å². The Bertz CT molecular complexity index is 856. The molecular weight excluding hydrogens is 386 g/mol. The Labute approximate surface area is 155 Å². The quantitative estimate of drug-likeness (QED) is 0.408. The molecule has 11 nitrogen and oxygen atoms in total. The van der Waals surface area contributed by atoms with Gasteiger partial charge in [0.15, 0.2) is 5.60 Å². The van der Waals surface area contributed by atoms with E-state index in [0.717, 1.165) is 0 Å². The van der Waals surface area contributed by atoms with Gasteiger partial charge in [0.25, 0.3) is 0 Å². The molecule has 0 spiro atoms. The largest absolute Gasteiger partial charge is 0.509 e. The highest BCUT2D eigenvalue weighted by Crippen LogP contribution is 2.54. The second-order valence-electron chi connectivity index (χ2n) is 6.10. The molecule has 3 aliphatic heterocycles. The van der Waals surface area contributed by atoms with E-state index >= 15 is 0 Å². The van der Waals surface area contributed by atoms with Crippen molar-refractivity contribution >= 4 is 41.6 Å². The monoisotopic (exact) mass is 399 g/mol. The number of ether oxygens (including phenoxy) is 2. The summed E-state index contributed by atoms with van der Waals surface area (Å²) in [6.07, 6.45) is -0.821. The van der Waals surface area contributed by atoms with Crippen LogP contribution in [-0.2, 0) is 26.1 Å². The number of carbonyl (C=O) groups is 3. The van der Waals surface area contributed by atoms with Crippen LogP contribution in [-0.4, -0.2) is 71.6 Å². The molecule has 2 fully saturated rings. The van der Waals surface area contributed by atoms with Gasteiger partial charge >= 0.3 is 12.1 Å². The Balaban J connectivity index is 1.55. The van der Waals surface area contributed by atoms with E-state index in [1.165, 1.54) is 33.1 Å². The van der Waals surface area contributed by atoms with Crippen LogP contribution >= 0.6 is 23.5 Å². The number of carboxylic acids is 1. The van der Waals surface area contributed by atoms with Crippen LogP contribution < -0.4 is 0 Å². The lowest BCUT2D eigenvalue weighted by molar-refractivity contribution is -0.162. The number of aryl methyl sites for hydroxylation is 1. The van der Waals surface area contributed by atoms with Crippen molar-refractivity contribution in [1.29, 1.82) is 0 Å². The zero-order valence-electron chi connectivity index (χ0n) is 13.6. The van der Waals surface area contributed by atoms with Gasteiger partial charge in [0.1, 0.15) is 23.6 Å². The van der Waals surface area contributed by atoms with E-state index in [-0.39, 0.29) is 18.2 Å². The highest BCUT2D eigenvalue weighted by atomic mass is 32.2. The third kappa shape index (κ3) is 2.45. The fraction of sp³-hybridized carbons (Fsp3) is 0.538. The van der Waals surface area contributed by atoms with Crippen LogP contribution in [0.2, 0.25) is 0 Å². The lowest BCUT2D eigenvalue weighted by Crippen LogP contribution is -2.65. The number of cyclic esters (lactones) is 2. The van der Waals surface area contributed by atoms with E-state index in [4.69, 9.17) is 9.47 Å². The van der Waals surface area contributed by atoms with Gasteiger partial charge < -0.3 is 14.6 Å². The number of tetrazole rings is 1. The standard InChI is InChI=1S/C13H13N5O6S2/c1-13(4-23-12(22)24-13)6-8(19)18-7(10(20)21)5(26-9(6)18)3-25-11-14-15-16-17(11)2/h6,9H,3-4H2,1-2H3,(H,20,21)/t6?,9-,13?/m1/s1. The van der Waals surface area contributed by atoms with Crippen LogP contribution in [0.25, 0.3) is 0 Å².